The van der Waals surface area contributed by atoms with Gasteiger partial charge in [0.25, 0.3) is 0 Å². The fraction of sp³-hybridized carbons (Fsp3) is 0.357. The third-order valence-electron chi connectivity index (χ3n) is 6.67. The SMILES string of the molecule is CC(C)(C)[Si](C[C@@H]1C[C@@H](COCc2ccccc2)O1)(c1ccccc1)c1ccccc1. The average Bonchev–Trinajstić information content (AvgIpc) is 2.76. The van der Waals surface area contributed by atoms with Crippen molar-refractivity contribution >= 4 is 18.4 Å². The van der Waals surface area contributed by atoms with Crippen LogP contribution >= 0.6 is 0 Å². The Morgan fingerprint density at radius 2 is 1.26 bits per heavy atom. The minimum absolute atomic E-state index is 0.175. The first kappa shape index (κ1) is 22.0. The molecule has 4 rings (SSSR count). The predicted octanol–water partition coefficient (Wildman–Crippen LogP) is 5.42. The Kier molecular flexibility index (Phi) is 6.76. The van der Waals surface area contributed by atoms with E-state index in [1.807, 2.05) is 6.07 Å². The largest absolute Gasteiger partial charge is 0.374 e. The minimum Gasteiger partial charge on any atom is -0.374 e. The highest BCUT2D eigenvalue weighted by Gasteiger charge is 2.50. The zero-order chi connectivity index (χ0) is 21.7. The molecule has 0 spiro atoms. The van der Waals surface area contributed by atoms with Crippen molar-refractivity contribution < 1.29 is 9.47 Å². The molecule has 1 fully saturated rings. The summed E-state index contributed by atoms with van der Waals surface area (Å²) in [5, 5.41) is 3.18. The van der Waals surface area contributed by atoms with Crippen LogP contribution in [-0.2, 0) is 16.1 Å². The van der Waals surface area contributed by atoms with Crippen LogP contribution in [0.2, 0.25) is 11.1 Å². The topological polar surface area (TPSA) is 18.5 Å². The van der Waals surface area contributed by atoms with Gasteiger partial charge in [0.1, 0.15) is 8.07 Å². The molecule has 3 aromatic rings. The van der Waals surface area contributed by atoms with Crippen molar-refractivity contribution in [1.29, 1.82) is 0 Å². The molecular weight excluding hydrogens is 396 g/mol. The Balaban J connectivity index is 1.47. The summed E-state index contributed by atoms with van der Waals surface area (Å²) in [6.45, 7) is 8.57. The quantitative estimate of drug-likeness (QED) is 0.444. The molecule has 162 valence electrons. The lowest BCUT2D eigenvalue weighted by Crippen LogP contribution is -2.66. The third kappa shape index (κ3) is 4.84. The highest BCUT2D eigenvalue weighted by atomic mass is 28.3. The highest BCUT2D eigenvalue weighted by Crippen LogP contribution is 2.42. The molecule has 0 amide bonds. The van der Waals surface area contributed by atoms with E-state index in [0.29, 0.717) is 19.3 Å². The van der Waals surface area contributed by atoms with Crippen molar-refractivity contribution in [3.8, 4) is 0 Å². The Hall–Kier alpha value is -2.20. The lowest BCUT2D eigenvalue weighted by atomic mass is 10.1. The van der Waals surface area contributed by atoms with E-state index in [1.54, 1.807) is 0 Å². The van der Waals surface area contributed by atoms with E-state index in [4.69, 9.17) is 9.47 Å². The molecule has 0 bridgehead atoms. The Morgan fingerprint density at radius 3 is 1.74 bits per heavy atom. The summed E-state index contributed by atoms with van der Waals surface area (Å²) < 4.78 is 12.3. The van der Waals surface area contributed by atoms with Crippen molar-refractivity contribution in [3.05, 3.63) is 96.6 Å². The van der Waals surface area contributed by atoms with E-state index >= 15 is 0 Å². The van der Waals surface area contributed by atoms with Gasteiger partial charge < -0.3 is 9.47 Å². The normalized spacial score (nSPS) is 19.1. The molecule has 0 saturated carbocycles. The van der Waals surface area contributed by atoms with E-state index in [1.165, 1.54) is 15.9 Å². The van der Waals surface area contributed by atoms with Crippen molar-refractivity contribution in [1.82, 2.24) is 0 Å². The van der Waals surface area contributed by atoms with E-state index in [-0.39, 0.29) is 11.1 Å². The van der Waals surface area contributed by atoms with Gasteiger partial charge >= 0.3 is 0 Å². The molecule has 2 atom stereocenters. The summed E-state index contributed by atoms with van der Waals surface area (Å²) in [6, 6.07) is 33.8. The molecule has 31 heavy (non-hydrogen) atoms. The second kappa shape index (κ2) is 9.52. The van der Waals surface area contributed by atoms with Crippen LogP contribution in [0.1, 0.15) is 32.8 Å². The second-order valence-electron chi connectivity index (χ2n) is 9.71. The first-order valence-corrected chi connectivity index (χ1v) is 13.6. The van der Waals surface area contributed by atoms with Crippen molar-refractivity contribution in [3.63, 3.8) is 0 Å². The van der Waals surface area contributed by atoms with Crippen LogP contribution in [0, 0.1) is 0 Å². The fourth-order valence-corrected chi connectivity index (χ4v) is 10.7. The zero-order valence-electron chi connectivity index (χ0n) is 19.0. The van der Waals surface area contributed by atoms with Crippen molar-refractivity contribution in [2.45, 2.75) is 57.1 Å². The number of rotatable bonds is 8. The molecule has 0 aromatic heterocycles. The van der Waals surface area contributed by atoms with Gasteiger partial charge in [-0.15, -0.1) is 0 Å². The molecule has 1 aliphatic heterocycles. The molecule has 0 unspecified atom stereocenters. The summed E-state index contributed by atoms with van der Waals surface area (Å²) in [5.41, 5.74) is 1.21. The van der Waals surface area contributed by atoms with E-state index in [0.717, 1.165) is 12.5 Å². The van der Waals surface area contributed by atoms with Gasteiger partial charge in [0.2, 0.25) is 0 Å². The van der Waals surface area contributed by atoms with E-state index in [2.05, 4.69) is 106 Å². The van der Waals surface area contributed by atoms with Crippen LogP contribution < -0.4 is 10.4 Å². The smallest absolute Gasteiger partial charge is 0.125 e. The molecule has 1 saturated heterocycles. The Morgan fingerprint density at radius 1 is 0.774 bits per heavy atom. The molecule has 1 aliphatic rings. The fourth-order valence-electron chi connectivity index (χ4n) is 5.04. The minimum atomic E-state index is -2.06. The molecule has 3 heteroatoms. The lowest BCUT2D eigenvalue weighted by Gasteiger charge is -2.49. The molecule has 0 N–H and O–H groups in total. The highest BCUT2D eigenvalue weighted by molar-refractivity contribution is 7.04. The van der Waals surface area contributed by atoms with Gasteiger partial charge in [-0.2, -0.15) is 0 Å². The Labute approximate surface area is 188 Å². The van der Waals surface area contributed by atoms with Crippen LogP contribution in [0.3, 0.4) is 0 Å². The van der Waals surface area contributed by atoms with Gasteiger partial charge in [0, 0.05) is 6.42 Å². The maximum Gasteiger partial charge on any atom is 0.125 e. The second-order valence-corrected chi connectivity index (χ2v) is 14.6. The molecule has 2 nitrogen and oxygen atoms in total. The summed E-state index contributed by atoms with van der Waals surface area (Å²) >= 11 is 0. The number of ether oxygens (including phenoxy) is 2. The Bertz CT molecular complexity index is 890. The number of hydrogen-bond donors (Lipinski definition) is 0. The van der Waals surface area contributed by atoms with Crippen LogP contribution in [0.5, 0.6) is 0 Å². The summed E-state index contributed by atoms with van der Waals surface area (Å²) in [5.74, 6) is 0. The van der Waals surface area contributed by atoms with Gasteiger partial charge in [-0.05, 0) is 16.6 Å². The van der Waals surface area contributed by atoms with Crippen LogP contribution in [0.25, 0.3) is 0 Å². The first-order chi connectivity index (χ1) is 15.0. The maximum absolute atomic E-state index is 6.38. The summed E-state index contributed by atoms with van der Waals surface area (Å²) in [6.07, 6.45) is 1.60. The van der Waals surface area contributed by atoms with Crippen molar-refractivity contribution in [2.75, 3.05) is 6.61 Å². The van der Waals surface area contributed by atoms with Gasteiger partial charge in [0.15, 0.2) is 0 Å². The van der Waals surface area contributed by atoms with Gasteiger partial charge in [-0.1, -0.05) is 122 Å². The van der Waals surface area contributed by atoms with Gasteiger partial charge in [-0.3, -0.25) is 0 Å². The summed E-state index contributed by atoms with van der Waals surface area (Å²) in [7, 11) is -2.06. The van der Waals surface area contributed by atoms with Gasteiger partial charge in [0.05, 0.1) is 25.4 Å². The van der Waals surface area contributed by atoms with Gasteiger partial charge in [-0.25, -0.2) is 0 Å². The van der Waals surface area contributed by atoms with E-state index < -0.39 is 8.07 Å². The maximum atomic E-state index is 6.38. The standard InChI is InChI=1S/C28H34O2Si/c1-28(2,3)31(26-15-9-5-10-16-26,27-17-11-6-12-18-27)22-25-19-24(30-25)21-29-20-23-13-7-4-8-14-23/h4-18,24-25H,19-22H2,1-3H3/t24-,25-/m0/s1. The van der Waals surface area contributed by atoms with Crippen molar-refractivity contribution in [2.24, 2.45) is 0 Å². The molecule has 3 aromatic carbocycles. The molecule has 0 radical (unpaired) electrons. The van der Waals surface area contributed by atoms with E-state index in [9.17, 15) is 0 Å². The average molecular weight is 431 g/mol. The molecule has 0 aliphatic carbocycles. The lowest BCUT2D eigenvalue weighted by molar-refractivity contribution is -0.145. The van der Waals surface area contributed by atoms with Crippen LogP contribution in [0.15, 0.2) is 91.0 Å². The predicted molar refractivity (Wildman–Crippen MR) is 132 cm³/mol. The summed E-state index contributed by atoms with van der Waals surface area (Å²) in [4.78, 5) is 0. The van der Waals surface area contributed by atoms with Crippen LogP contribution in [0.4, 0.5) is 0 Å². The first-order valence-electron chi connectivity index (χ1n) is 11.4. The number of hydrogen-bond acceptors (Lipinski definition) is 2. The molecule has 1 heterocycles. The monoisotopic (exact) mass is 430 g/mol. The third-order valence-corrected chi connectivity index (χ3v) is 12.9. The van der Waals surface area contributed by atoms with Crippen LogP contribution in [-0.4, -0.2) is 26.9 Å². The molecular formula is C28H34O2Si. The zero-order valence-corrected chi connectivity index (χ0v) is 20.0. The number of benzene rings is 3.